The third kappa shape index (κ3) is 2.16. The Hall–Kier alpha value is -0.610. The van der Waals surface area contributed by atoms with Crippen molar-refractivity contribution in [2.45, 2.75) is 45.1 Å². The molecule has 1 fully saturated rings. The molecule has 0 radical (unpaired) electrons. The van der Waals surface area contributed by atoms with Crippen molar-refractivity contribution in [1.82, 2.24) is 4.98 Å². The normalized spacial score (nSPS) is 19.4. The Morgan fingerprint density at radius 1 is 1.40 bits per heavy atom. The highest BCUT2D eigenvalue weighted by Gasteiger charge is 2.32. The minimum absolute atomic E-state index is 0.122. The Balaban J connectivity index is 2.12. The molecule has 3 nitrogen and oxygen atoms in total. The van der Waals surface area contributed by atoms with Crippen LogP contribution in [0.25, 0.3) is 0 Å². The van der Waals surface area contributed by atoms with Crippen LogP contribution in [0, 0.1) is 13.8 Å². The number of aromatic nitrogens is 1. The monoisotopic (exact) mass is 225 g/mol. The largest absolute Gasteiger partial charge is 0.355 e. The average molecular weight is 225 g/mol. The van der Waals surface area contributed by atoms with Gasteiger partial charge in [0.05, 0.1) is 11.2 Å². The number of thiazole rings is 1. The Morgan fingerprint density at radius 3 is 2.53 bits per heavy atom. The number of nitrogens with one attached hydrogen (secondary N) is 1. The van der Waals surface area contributed by atoms with Gasteiger partial charge in [-0.3, -0.25) is 0 Å². The molecule has 1 aromatic heterocycles. The Bertz CT molecular complexity index is 320. The highest BCUT2D eigenvalue weighted by molar-refractivity contribution is 7.15. The van der Waals surface area contributed by atoms with Gasteiger partial charge in [0, 0.05) is 11.4 Å². The number of aryl methyl sites for hydroxylation is 2. The molecule has 1 aliphatic rings. The summed E-state index contributed by atoms with van der Waals surface area (Å²) in [5.74, 6) is 0. The summed E-state index contributed by atoms with van der Waals surface area (Å²) >= 11 is 1.74. The summed E-state index contributed by atoms with van der Waals surface area (Å²) in [4.78, 5) is 5.81. The van der Waals surface area contributed by atoms with E-state index in [-0.39, 0.29) is 5.54 Å². The minimum atomic E-state index is 0.122. The molecule has 4 heteroatoms. The molecule has 1 saturated carbocycles. The topological polar surface area (TPSA) is 50.9 Å². The van der Waals surface area contributed by atoms with Gasteiger partial charge in [0.25, 0.3) is 0 Å². The maximum atomic E-state index is 5.88. The second kappa shape index (κ2) is 4.10. The SMILES string of the molecule is Cc1nc(NC2(CN)CCCC2)sc1C. The molecule has 0 aliphatic heterocycles. The van der Waals surface area contributed by atoms with E-state index in [0.717, 1.165) is 10.8 Å². The van der Waals surface area contributed by atoms with Crippen molar-refractivity contribution in [3.63, 3.8) is 0 Å². The van der Waals surface area contributed by atoms with Crippen molar-refractivity contribution in [3.05, 3.63) is 10.6 Å². The predicted octanol–water partition coefficient (Wildman–Crippen LogP) is 2.44. The Labute approximate surface area is 95.1 Å². The second-order valence-electron chi connectivity index (χ2n) is 4.48. The van der Waals surface area contributed by atoms with Gasteiger partial charge in [-0.2, -0.15) is 0 Å². The first-order valence-electron chi connectivity index (χ1n) is 5.57. The van der Waals surface area contributed by atoms with E-state index in [1.54, 1.807) is 11.3 Å². The van der Waals surface area contributed by atoms with Crippen LogP contribution in [0.2, 0.25) is 0 Å². The lowest BCUT2D eigenvalue weighted by atomic mass is 9.98. The number of rotatable bonds is 3. The van der Waals surface area contributed by atoms with Gasteiger partial charge in [0.15, 0.2) is 5.13 Å². The summed E-state index contributed by atoms with van der Waals surface area (Å²) in [7, 11) is 0. The van der Waals surface area contributed by atoms with Gasteiger partial charge < -0.3 is 11.1 Å². The van der Waals surface area contributed by atoms with Crippen LogP contribution in [0.15, 0.2) is 0 Å². The summed E-state index contributed by atoms with van der Waals surface area (Å²) in [5, 5.41) is 4.59. The van der Waals surface area contributed by atoms with E-state index in [1.165, 1.54) is 30.6 Å². The van der Waals surface area contributed by atoms with Gasteiger partial charge in [0.2, 0.25) is 0 Å². The Kier molecular flexibility index (Phi) is 2.98. The summed E-state index contributed by atoms with van der Waals surface area (Å²) in [5.41, 5.74) is 7.13. The highest BCUT2D eigenvalue weighted by atomic mass is 32.1. The standard InChI is InChI=1S/C11H19N3S/c1-8-9(2)15-10(13-8)14-11(7-12)5-3-4-6-11/h3-7,12H2,1-2H3,(H,13,14). The van der Waals surface area contributed by atoms with Crippen LogP contribution in [-0.4, -0.2) is 17.1 Å². The van der Waals surface area contributed by atoms with Crippen molar-refractivity contribution in [2.75, 3.05) is 11.9 Å². The van der Waals surface area contributed by atoms with Crippen LogP contribution >= 0.6 is 11.3 Å². The van der Waals surface area contributed by atoms with Gasteiger partial charge in [0.1, 0.15) is 0 Å². The van der Waals surface area contributed by atoms with Gasteiger partial charge in [-0.1, -0.05) is 12.8 Å². The van der Waals surface area contributed by atoms with Crippen molar-refractivity contribution in [1.29, 1.82) is 0 Å². The van der Waals surface area contributed by atoms with Gasteiger partial charge in [-0.15, -0.1) is 11.3 Å². The molecule has 15 heavy (non-hydrogen) atoms. The maximum Gasteiger partial charge on any atom is 0.183 e. The molecule has 3 N–H and O–H groups in total. The van der Waals surface area contributed by atoms with Crippen LogP contribution in [0.4, 0.5) is 5.13 Å². The summed E-state index contributed by atoms with van der Waals surface area (Å²) in [6.45, 7) is 4.88. The Morgan fingerprint density at radius 2 is 2.07 bits per heavy atom. The van der Waals surface area contributed by atoms with E-state index < -0.39 is 0 Å². The van der Waals surface area contributed by atoms with Crippen LogP contribution in [0.5, 0.6) is 0 Å². The van der Waals surface area contributed by atoms with Gasteiger partial charge in [-0.05, 0) is 26.7 Å². The van der Waals surface area contributed by atoms with Gasteiger partial charge >= 0.3 is 0 Å². The molecule has 1 aliphatic carbocycles. The quantitative estimate of drug-likeness (QED) is 0.830. The zero-order chi connectivity index (χ0) is 10.9. The second-order valence-corrected chi connectivity index (χ2v) is 5.68. The first-order chi connectivity index (χ1) is 7.15. The van der Waals surface area contributed by atoms with E-state index in [2.05, 4.69) is 24.1 Å². The lowest BCUT2D eigenvalue weighted by molar-refractivity contribution is 0.493. The highest BCUT2D eigenvalue weighted by Crippen LogP contribution is 2.34. The first kappa shape index (κ1) is 10.9. The fraction of sp³-hybridized carbons (Fsp3) is 0.727. The molecule has 1 heterocycles. The predicted molar refractivity (Wildman–Crippen MR) is 65.5 cm³/mol. The summed E-state index contributed by atoms with van der Waals surface area (Å²) in [6, 6.07) is 0. The fourth-order valence-electron chi connectivity index (χ4n) is 2.18. The lowest BCUT2D eigenvalue weighted by Crippen LogP contribution is -2.42. The van der Waals surface area contributed by atoms with E-state index in [0.29, 0.717) is 6.54 Å². The zero-order valence-corrected chi connectivity index (χ0v) is 10.3. The maximum absolute atomic E-state index is 5.88. The zero-order valence-electron chi connectivity index (χ0n) is 9.47. The molecule has 2 rings (SSSR count). The minimum Gasteiger partial charge on any atom is -0.355 e. The lowest BCUT2D eigenvalue weighted by Gasteiger charge is -2.28. The molecule has 1 aromatic rings. The molecular weight excluding hydrogens is 206 g/mol. The number of hydrogen-bond donors (Lipinski definition) is 2. The molecule has 0 aromatic carbocycles. The molecule has 0 amide bonds. The summed E-state index contributed by atoms with van der Waals surface area (Å²) < 4.78 is 0. The van der Waals surface area contributed by atoms with E-state index >= 15 is 0 Å². The number of nitrogens with zero attached hydrogens (tertiary/aromatic N) is 1. The van der Waals surface area contributed by atoms with E-state index in [4.69, 9.17) is 5.73 Å². The van der Waals surface area contributed by atoms with Crippen molar-refractivity contribution in [3.8, 4) is 0 Å². The number of nitrogens with two attached hydrogens (primary N) is 1. The van der Waals surface area contributed by atoms with Crippen molar-refractivity contribution in [2.24, 2.45) is 5.73 Å². The fourth-order valence-corrected chi connectivity index (χ4v) is 3.12. The van der Waals surface area contributed by atoms with E-state index in [1.807, 2.05) is 0 Å². The van der Waals surface area contributed by atoms with Crippen LogP contribution in [-0.2, 0) is 0 Å². The first-order valence-corrected chi connectivity index (χ1v) is 6.39. The summed E-state index contributed by atoms with van der Waals surface area (Å²) in [6.07, 6.45) is 4.93. The molecule has 0 atom stereocenters. The number of anilines is 1. The molecule has 84 valence electrons. The van der Waals surface area contributed by atoms with E-state index in [9.17, 15) is 0 Å². The third-order valence-corrected chi connectivity index (χ3v) is 4.34. The molecular formula is C11H19N3S. The number of hydrogen-bond acceptors (Lipinski definition) is 4. The molecule has 0 bridgehead atoms. The van der Waals surface area contributed by atoms with Crippen LogP contribution in [0.1, 0.15) is 36.3 Å². The molecule has 0 spiro atoms. The molecule has 0 saturated heterocycles. The van der Waals surface area contributed by atoms with Crippen molar-refractivity contribution < 1.29 is 0 Å². The van der Waals surface area contributed by atoms with Gasteiger partial charge in [-0.25, -0.2) is 4.98 Å². The average Bonchev–Trinajstić information content (AvgIpc) is 2.77. The van der Waals surface area contributed by atoms with Crippen molar-refractivity contribution >= 4 is 16.5 Å². The van der Waals surface area contributed by atoms with Crippen LogP contribution in [0.3, 0.4) is 0 Å². The molecule has 0 unspecified atom stereocenters. The third-order valence-electron chi connectivity index (χ3n) is 3.35. The van der Waals surface area contributed by atoms with Crippen LogP contribution < -0.4 is 11.1 Å². The smallest absolute Gasteiger partial charge is 0.183 e.